The van der Waals surface area contributed by atoms with Gasteiger partial charge in [0.2, 0.25) is 0 Å². The van der Waals surface area contributed by atoms with Crippen molar-refractivity contribution < 1.29 is 28.5 Å². The molecule has 142 valence electrons. The Bertz CT molecular complexity index is 761. The number of benzene rings is 2. The molecule has 1 unspecified atom stereocenters. The van der Waals surface area contributed by atoms with Crippen molar-refractivity contribution in [2.45, 2.75) is 37.9 Å². The fourth-order valence-electron chi connectivity index (χ4n) is 2.98. The van der Waals surface area contributed by atoms with Crippen LogP contribution in [0.2, 0.25) is 0 Å². The number of esters is 2. The fraction of sp³-hybridized carbons (Fsp3) is 0.333. The third-order valence-corrected chi connectivity index (χ3v) is 4.40. The third-order valence-electron chi connectivity index (χ3n) is 4.40. The Labute approximate surface area is 158 Å². The van der Waals surface area contributed by atoms with Crippen molar-refractivity contribution in [3.05, 3.63) is 71.8 Å². The summed E-state index contributed by atoms with van der Waals surface area (Å²) in [5, 5.41) is 0. The Hall–Kier alpha value is -2.70. The molecule has 2 aromatic rings. The number of methoxy groups -OCH3 is 1. The highest BCUT2D eigenvalue weighted by Gasteiger charge is 2.42. The van der Waals surface area contributed by atoms with Crippen LogP contribution in [0, 0.1) is 0 Å². The summed E-state index contributed by atoms with van der Waals surface area (Å²) >= 11 is 0. The predicted molar refractivity (Wildman–Crippen MR) is 97.3 cm³/mol. The summed E-state index contributed by atoms with van der Waals surface area (Å²) < 4.78 is 22.3. The maximum absolute atomic E-state index is 12.5. The Kier molecular flexibility index (Phi) is 6.21. The zero-order valence-electron chi connectivity index (χ0n) is 15.2. The first-order valence-corrected chi connectivity index (χ1v) is 8.79. The Balaban J connectivity index is 1.76. The van der Waals surface area contributed by atoms with Gasteiger partial charge in [-0.2, -0.15) is 0 Å². The number of rotatable bonds is 5. The number of hydrogen-bond acceptors (Lipinski definition) is 6. The van der Waals surface area contributed by atoms with Gasteiger partial charge in [-0.25, -0.2) is 9.59 Å². The van der Waals surface area contributed by atoms with Crippen molar-refractivity contribution in [1.82, 2.24) is 0 Å². The Morgan fingerprint density at radius 1 is 0.889 bits per heavy atom. The lowest BCUT2D eigenvalue weighted by Crippen LogP contribution is -2.51. The zero-order chi connectivity index (χ0) is 19.2. The lowest BCUT2D eigenvalue weighted by Gasteiger charge is -2.38. The second kappa shape index (κ2) is 8.79. The van der Waals surface area contributed by atoms with Crippen LogP contribution < -0.4 is 0 Å². The van der Waals surface area contributed by atoms with Crippen molar-refractivity contribution in [3.8, 4) is 0 Å². The smallest absolute Gasteiger partial charge is 0.338 e. The second-order valence-corrected chi connectivity index (χ2v) is 6.29. The molecule has 0 amide bonds. The summed E-state index contributed by atoms with van der Waals surface area (Å²) in [5.74, 6) is -0.974. The predicted octanol–water partition coefficient (Wildman–Crippen LogP) is 3.22. The topological polar surface area (TPSA) is 71.1 Å². The van der Waals surface area contributed by atoms with Gasteiger partial charge in [-0.3, -0.25) is 0 Å². The molecule has 0 spiro atoms. The summed E-state index contributed by atoms with van der Waals surface area (Å²) in [5.41, 5.74) is 0.852. The first-order chi connectivity index (χ1) is 13.1. The molecule has 27 heavy (non-hydrogen) atoms. The lowest BCUT2D eigenvalue weighted by atomic mass is 10.0. The first-order valence-electron chi connectivity index (χ1n) is 8.79. The van der Waals surface area contributed by atoms with Gasteiger partial charge < -0.3 is 18.9 Å². The van der Waals surface area contributed by atoms with E-state index in [2.05, 4.69) is 0 Å². The summed E-state index contributed by atoms with van der Waals surface area (Å²) in [6, 6.07) is 17.3. The van der Waals surface area contributed by atoms with Gasteiger partial charge in [0.1, 0.15) is 6.10 Å². The number of carbonyl (C=O) groups is 2. The van der Waals surface area contributed by atoms with Crippen LogP contribution in [0.15, 0.2) is 60.7 Å². The maximum Gasteiger partial charge on any atom is 0.338 e. The van der Waals surface area contributed by atoms with Gasteiger partial charge in [0, 0.05) is 13.5 Å². The maximum atomic E-state index is 12.5. The standard InChI is InChI=1S/C21H22O6/c1-14-19(27-21(23)16-11-7-4-8-12-16)17(13-18(24-2)25-14)26-20(22)15-9-5-3-6-10-15/h3-12,14,17-19H,13H2,1-2H3/t14-,17+,18?,19-/m1/s1. The minimum Gasteiger partial charge on any atom is -0.455 e. The van der Waals surface area contributed by atoms with Crippen LogP contribution in [-0.4, -0.2) is 43.7 Å². The molecule has 1 heterocycles. The van der Waals surface area contributed by atoms with Crippen molar-refractivity contribution in [1.29, 1.82) is 0 Å². The molecule has 0 radical (unpaired) electrons. The minimum absolute atomic E-state index is 0.270. The first kappa shape index (κ1) is 19.1. The monoisotopic (exact) mass is 370 g/mol. The third kappa shape index (κ3) is 4.72. The zero-order valence-corrected chi connectivity index (χ0v) is 15.2. The van der Waals surface area contributed by atoms with Gasteiger partial charge in [0.15, 0.2) is 12.4 Å². The van der Waals surface area contributed by atoms with E-state index in [-0.39, 0.29) is 6.42 Å². The van der Waals surface area contributed by atoms with Crippen molar-refractivity contribution in [2.75, 3.05) is 7.11 Å². The average molecular weight is 370 g/mol. The molecule has 6 nitrogen and oxygen atoms in total. The molecule has 0 saturated carbocycles. The highest BCUT2D eigenvalue weighted by molar-refractivity contribution is 5.90. The molecule has 1 saturated heterocycles. The van der Waals surface area contributed by atoms with Crippen molar-refractivity contribution in [3.63, 3.8) is 0 Å². The fourth-order valence-corrected chi connectivity index (χ4v) is 2.98. The molecular weight excluding hydrogens is 348 g/mol. The normalized spacial score (nSPS) is 24.8. The highest BCUT2D eigenvalue weighted by Crippen LogP contribution is 2.27. The van der Waals surface area contributed by atoms with Gasteiger partial charge in [0.05, 0.1) is 17.2 Å². The summed E-state index contributed by atoms with van der Waals surface area (Å²) in [6.45, 7) is 1.76. The molecule has 0 aliphatic carbocycles. The van der Waals surface area contributed by atoms with Crippen LogP contribution in [0.25, 0.3) is 0 Å². The van der Waals surface area contributed by atoms with Crippen LogP contribution in [0.4, 0.5) is 0 Å². The lowest BCUT2D eigenvalue weighted by molar-refractivity contribution is -0.236. The van der Waals surface area contributed by atoms with E-state index >= 15 is 0 Å². The summed E-state index contributed by atoms with van der Waals surface area (Å²) in [4.78, 5) is 24.9. The highest BCUT2D eigenvalue weighted by atomic mass is 16.7. The molecule has 1 fully saturated rings. The van der Waals surface area contributed by atoms with E-state index in [0.29, 0.717) is 11.1 Å². The number of ether oxygens (including phenoxy) is 4. The molecular formula is C21H22O6. The second-order valence-electron chi connectivity index (χ2n) is 6.29. The van der Waals surface area contributed by atoms with E-state index in [1.165, 1.54) is 7.11 Å². The van der Waals surface area contributed by atoms with E-state index in [4.69, 9.17) is 18.9 Å². The van der Waals surface area contributed by atoms with Crippen LogP contribution in [0.3, 0.4) is 0 Å². The number of hydrogen-bond donors (Lipinski definition) is 0. The molecule has 1 aliphatic rings. The van der Waals surface area contributed by atoms with Gasteiger partial charge in [-0.15, -0.1) is 0 Å². The van der Waals surface area contributed by atoms with Gasteiger partial charge in [-0.05, 0) is 31.2 Å². The SMILES string of the molecule is COC1C[C@H](OC(=O)c2ccccc2)[C@H](OC(=O)c2ccccc2)[C@@H](C)O1. The molecule has 0 aromatic heterocycles. The van der Waals surface area contributed by atoms with Crippen molar-refractivity contribution in [2.24, 2.45) is 0 Å². The van der Waals surface area contributed by atoms with Gasteiger partial charge >= 0.3 is 11.9 Å². The molecule has 1 aliphatic heterocycles. The largest absolute Gasteiger partial charge is 0.455 e. The van der Waals surface area contributed by atoms with Gasteiger partial charge in [0.25, 0.3) is 0 Å². The van der Waals surface area contributed by atoms with Crippen LogP contribution in [0.1, 0.15) is 34.1 Å². The van der Waals surface area contributed by atoms with E-state index < -0.39 is 36.5 Å². The van der Waals surface area contributed by atoms with E-state index in [1.54, 1.807) is 55.5 Å². The Morgan fingerprint density at radius 2 is 1.41 bits per heavy atom. The molecule has 4 atom stereocenters. The van der Waals surface area contributed by atoms with Crippen LogP contribution in [0.5, 0.6) is 0 Å². The molecule has 3 rings (SSSR count). The minimum atomic E-state index is -0.739. The average Bonchev–Trinajstić information content (AvgIpc) is 2.71. The van der Waals surface area contributed by atoms with Gasteiger partial charge in [-0.1, -0.05) is 36.4 Å². The quantitative estimate of drug-likeness (QED) is 0.753. The summed E-state index contributed by atoms with van der Waals surface area (Å²) in [7, 11) is 1.52. The molecule has 2 aromatic carbocycles. The van der Waals surface area contributed by atoms with Crippen LogP contribution >= 0.6 is 0 Å². The van der Waals surface area contributed by atoms with E-state index in [0.717, 1.165) is 0 Å². The Morgan fingerprint density at radius 3 is 1.93 bits per heavy atom. The molecule has 6 heteroatoms. The van der Waals surface area contributed by atoms with E-state index in [1.807, 2.05) is 12.1 Å². The van der Waals surface area contributed by atoms with Crippen LogP contribution in [-0.2, 0) is 18.9 Å². The molecule has 0 bridgehead atoms. The van der Waals surface area contributed by atoms with Crippen molar-refractivity contribution >= 4 is 11.9 Å². The summed E-state index contributed by atoms with van der Waals surface area (Å²) in [6.07, 6.45) is -2.19. The molecule has 0 N–H and O–H groups in total. The van der Waals surface area contributed by atoms with E-state index in [9.17, 15) is 9.59 Å². The number of carbonyl (C=O) groups excluding carboxylic acids is 2.